The van der Waals surface area contributed by atoms with Crippen LogP contribution in [0.4, 0.5) is 5.69 Å². The number of rotatable bonds is 9. The van der Waals surface area contributed by atoms with E-state index in [1.165, 1.54) is 4.88 Å². The van der Waals surface area contributed by atoms with Gasteiger partial charge in [0.25, 0.3) is 5.91 Å². The maximum atomic E-state index is 12.3. The average molecular weight is 503 g/mol. The zero-order valence-corrected chi connectivity index (χ0v) is 21.6. The van der Waals surface area contributed by atoms with E-state index in [-0.39, 0.29) is 11.7 Å². The Balaban J connectivity index is 1.60. The quantitative estimate of drug-likeness (QED) is 0.510. The first-order chi connectivity index (χ1) is 16.2. The van der Waals surface area contributed by atoms with Crippen molar-refractivity contribution in [1.29, 1.82) is 0 Å². The number of thiophene rings is 1. The van der Waals surface area contributed by atoms with E-state index in [0.29, 0.717) is 24.6 Å². The number of carbonyl (C=O) groups is 1. The molecular weight excluding hydrogens is 468 g/mol. The first kappa shape index (κ1) is 24.9. The van der Waals surface area contributed by atoms with Crippen molar-refractivity contribution in [1.82, 2.24) is 9.21 Å². The Labute approximate surface area is 206 Å². The summed E-state index contributed by atoms with van der Waals surface area (Å²) in [6.07, 6.45) is 3.53. The average Bonchev–Trinajstić information content (AvgIpc) is 3.45. The summed E-state index contributed by atoms with van der Waals surface area (Å²) in [5, 5.41) is 5.56. The second-order valence-corrected chi connectivity index (χ2v) is 12.5. The van der Waals surface area contributed by atoms with Gasteiger partial charge in [0.05, 0.1) is 17.0 Å². The molecule has 3 heterocycles. The first-order valence-corrected chi connectivity index (χ1v) is 14.3. The summed E-state index contributed by atoms with van der Waals surface area (Å²) in [7, 11) is -1.09. The zero-order chi connectivity index (χ0) is 24.5. The number of piperidine rings is 1. The van der Waals surface area contributed by atoms with E-state index < -0.39 is 15.9 Å². The maximum absolute atomic E-state index is 12.3. The monoisotopic (exact) mass is 502 g/mol. The molecule has 1 atom stereocenters. The summed E-state index contributed by atoms with van der Waals surface area (Å²) in [4.78, 5) is 15.8. The highest BCUT2D eigenvalue weighted by Crippen LogP contribution is 2.44. The number of anilines is 1. The van der Waals surface area contributed by atoms with Crippen molar-refractivity contribution < 1.29 is 13.2 Å². The summed E-state index contributed by atoms with van der Waals surface area (Å²) < 4.78 is 26.1. The van der Waals surface area contributed by atoms with Crippen LogP contribution >= 0.6 is 11.3 Å². The molecule has 0 radical (unpaired) electrons. The molecule has 184 valence electrons. The molecular formula is C25H34N4O3S2. The van der Waals surface area contributed by atoms with E-state index in [1.807, 2.05) is 12.1 Å². The van der Waals surface area contributed by atoms with E-state index >= 15 is 0 Å². The third-order valence-electron chi connectivity index (χ3n) is 7.01. The minimum atomic E-state index is -3.15. The largest absolute Gasteiger partial charge is 0.384 e. The SMILES string of the molecule is C=CCN(C)Cc1cc(-c2cc(C(N)=O)c3c(c2)C(C2CCN(S(=O)(=O)CC)CC2)CN3)cs1. The van der Waals surface area contributed by atoms with Crippen molar-refractivity contribution in [2.75, 3.05) is 44.3 Å². The van der Waals surface area contributed by atoms with Crippen molar-refractivity contribution in [3.05, 3.63) is 52.2 Å². The molecule has 1 aromatic carbocycles. The summed E-state index contributed by atoms with van der Waals surface area (Å²) >= 11 is 1.71. The number of nitrogens with one attached hydrogen (secondary N) is 1. The Morgan fingerprint density at radius 1 is 1.29 bits per heavy atom. The fraction of sp³-hybridized carbons (Fsp3) is 0.480. The van der Waals surface area contributed by atoms with Crippen LogP contribution in [0.1, 0.15) is 46.5 Å². The van der Waals surface area contributed by atoms with Crippen molar-refractivity contribution >= 4 is 33.0 Å². The number of fused-ring (bicyclic) bond motifs is 1. The van der Waals surface area contributed by atoms with E-state index in [9.17, 15) is 13.2 Å². The molecule has 0 saturated carbocycles. The number of hydrogen-bond donors (Lipinski definition) is 2. The molecule has 9 heteroatoms. The number of likely N-dealkylation sites (N-methyl/N-ethyl adjacent to an activating group) is 1. The Kier molecular flexibility index (Phi) is 7.47. The third kappa shape index (κ3) is 5.07. The fourth-order valence-corrected chi connectivity index (χ4v) is 7.27. The molecule has 2 aromatic rings. The first-order valence-electron chi connectivity index (χ1n) is 11.8. The number of nitrogens with two attached hydrogens (primary N) is 1. The molecule has 1 fully saturated rings. The molecule has 1 saturated heterocycles. The van der Waals surface area contributed by atoms with Crippen LogP contribution in [0, 0.1) is 5.92 Å². The van der Waals surface area contributed by atoms with Gasteiger partial charge >= 0.3 is 0 Å². The number of primary amides is 1. The van der Waals surface area contributed by atoms with Crippen molar-refractivity contribution in [3.63, 3.8) is 0 Å². The molecule has 0 aliphatic carbocycles. The Hall–Kier alpha value is -2.20. The Morgan fingerprint density at radius 2 is 2.03 bits per heavy atom. The lowest BCUT2D eigenvalue weighted by Gasteiger charge is -2.34. The molecule has 1 unspecified atom stereocenters. The van der Waals surface area contributed by atoms with Crippen molar-refractivity contribution in [3.8, 4) is 11.1 Å². The minimum Gasteiger partial charge on any atom is -0.384 e. The predicted molar refractivity (Wildman–Crippen MR) is 140 cm³/mol. The molecule has 2 aliphatic heterocycles. The number of nitrogens with zero attached hydrogens (tertiary/aromatic N) is 2. The number of amides is 1. The molecule has 7 nitrogen and oxygen atoms in total. The molecule has 2 aliphatic rings. The highest BCUT2D eigenvalue weighted by Gasteiger charge is 2.36. The highest BCUT2D eigenvalue weighted by atomic mass is 32.2. The molecule has 3 N–H and O–H groups in total. The van der Waals surface area contributed by atoms with Gasteiger partial charge in [-0.3, -0.25) is 9.69 Å². The van der Waals surface area contributed by atoms with Gasteiger partial charge in [0.1, 0.15) is 0 Å². The van der Waals surface area contributed by atoms with Crippen molar-refractivity contribution in [2.24, 2.45) is 11.7 Å². The van der Waals surface area contributed by atoms with E-state index in [1.54, 1.807) is 22.6 Å². The maximum Gasteiger partial charge on any atom is 0.250 e. The molecule has 0 spiro atoms. The summed E-state index contributed by atoms with van der Waals surface area (Å²) in [6.45, 7) is 9.01. The lowest BCUT2D eigenvalue weighted by Crippen LogP contribution is -2.40. The smallest absolute Gasteiger partial charge is 0.250 e. The van der Waals surface area contributed by atoms with Gasteiger partial charge in [0, 0.05) is 43.5 Å². The normalized spacial score (nSPS) is 19.2. The predicted octanol–water partition coefficient (Wildman–Crippen LogP) is 3.70. The number of carbonyl (C=O) groups excluding carboxylic acids is 1. The van der Waals surface area contributed by atoms with Gasteiger partial charge in [0.2, 0.25) is 10.0 Å². The minimum absolute atomic E-state index is 0.142. The van der Waals surface area contributed by atoms with Gasteiger partial charge < -0.3 is 11.1 Å². The topological polar surface area (TPSA) is 95.7 Å². The lowest BCUT2D eigenvalue weighted by atomic mass is 9.80. The number of sulfonamides is 1. The van der Waals surface area contributed by atoms with Gasteiger partial charge in [-0.25, -0.2) is 12.7 Å². The van der Waals surface area contributed by atoms with E-state index in [2.05, 4.69) is 41.4 Å². The Morgan fingerprint density at radius 3 is 2.68 bits per heavy atom. The third-order valence-corrected chi connectivity index (χ3v) is 9.81. The van der Waals surface area contributed by atoms with Crippen LogP contribution in [0.15, 0.2) is 36.2 Å². The molecule has 1 aromatic heterocycles. The number of benzene rings is 1. The molecule has 34 heavy (non-hydrogen) atoms. The summed E-state index contributed by atoms with van der Waals surface area (Å²) in [5.74, 6) is 0.300. The zero-order valence-electron chi connectivity index (χ0n) is 19.9. The molecule has 4 rings (SSSR count). The standard InChI is InChI=1S/C25H34N4O3S2/c1-4-8-28(3)15-20-11-19(16-33-20)18-12-21-23(14-27-24(21)22(13-18)25(26)30)17-6-9-29(10-7-17)34(31,32)5-2/h4,11-13,16-17,23,27H,1,5-10,14-15H2,2-3H3,(H2,26,30). The second-order valence-electron chi connectivity index (χ2n) is 9.26. The van der Waals surface area contributed by atoms with Crippen LogP contribution in [0.25, 0.3) is 11.1 Å². The van der Waals surface area contributed by atoms with Crippen LogP contribution < -0.4 is 11.1 Å². The Bertz CT molecular complexity index is 1170. The van der Waals surface area contributed by atoms with Gasteiger partial charge in [-0.1, -0.05) is 6.08 Å². The van der Waals surface area contributed by atoms with Gasteiger partial charge in [-0.05, 0) is 73.0 Å². The highest BCUT2D eigenvalue weighted by molar-refractivity contribution is 7.89. The lowest BCUT2D eigenvalue weighted by molar-refractivity contribution is 0.100. The van der Waals surface area contributed by atoms with Gasteiger partial charge in [0.15, 0.2) is 0 Å². The second kappa shape index (κ2) is 10.2. The van der Waals surface area contributed by atoms with Crippen molar-refractivity contribution in [2.45, 2.75) is 32.2 Å². The van der Waals surface area contributed by atoms with Crippen LogP contribution in [-0.2, 0) is 16.6 Å². The van der Waals surface area contributed by atoms with Gasteiger partial charge in [-0.2, -0.15) is 0 Å². The van der Waals surface area contributed by atoms with Crippen LogP contribution in [0.3, 0.4) is 0 Å². The summed E-state index contributed by atoms with van der Waals surface area (Å²) in [6, 6.07) is 6.27. The fourth-order valence-electron chi connectivity index (χ4n) is 5.16. The van der Waals surface area contributed by atoms with Crippen LogP contribution in [-0.4, -0.2) is 62.5 Å². The molecule has 1 amide bonds. The molecule has 0 bridgehead atoms. The van der Waals surface area contributed by atoms with Gasteiger partial charge in [-0.15, -0.1) is 17.9 Å². The van der Waals surface area contributed by atoms with Crippen LogP contribution in [0.2, 0.25) is 0 Å². The van der Waals surface area contributed by atoms with E-state index in [0.717, 1.165) is 54.9 Å². The van der Waals surface area contributed by atoms with E-state index in [4.69, 9.17) is 5.73 Å². The van der Waals surface area contributed by atoms with Crippen LogP contribution in [0.5, 0.6) is 0 Å². The summed E-state index contributed by atoms with van der Waals surface area (Å²) in [5.41, 5.74) is 10.4. The number of hydrogen-bond acceptors (Lipinski definition) is 6.